The second kappa shape index (κ2) is 8.35. The largest absolute Gasteiger partial charge is 0.382 e. The number of anilines is 2. The quantitative estimate of drug-likeness (QED) is 0.534. The van der Waals surface area contributed by atoms with Gasteiger partial charge in [-0.3, -0.25) is 9.56 Å². The van der Waals surface area contributed by atoms with Gasteiger partial charge in [-0.1, -0.05) is 0 Å². The van der Waals surface area contributed by atoms with Gasteiger partial charge in [-0.2, -0.15) is 0 Å². The van der Waals surface area contributed by atoms with Gasteiger partial charge >= 0.3 is 7.60 Å². The van der Waals surface area contributed by atoms with Crippen molar-refractivity contribution in [1.82, 2.24) is 9.97 Å². The molecule has 1 aliphatic heterocycles. The third-order valence-electron chi connectivity index (χ3n) is 3.06. The first-order valence-electron chi connectivity index (χ1n) is 7.43. The molecule has 0 saturated heterocycles. The van der Waals surface area contributed by atoms with Crippen molar-refractivity contribution in [3.8, 4) is 0 Å². The van der Waals surface area contributed by atoms with Crippen LogP contribution in [0.5, 0.6) is 0 Å². The van der Waals surface area contributed by atoms with Gasteiger partial charge in [-0.25, -0.2) is 9.97 Å². The summed E-state index contributed by atoms with van der Waals surface area (Å²) in [6, 6.07) is 0. The van der Waals surface area contributed by atoms with E-state index in [0.717, 1.165) is 0 Å². The molecule has 0 unspecified atom stereocenters. The van der Waals surface area contributed by atoms with Crippen LogP contribution in [0.4, 0.5) is 17.3 Å². The van der Waals surface area contributed by atoms with Gasteiger partial charge in [0.25, 0.3) is 0 Å². The van der Waals surface area contributed by atoms with Crippen LogP contribution in [0.1, 0.15) is 13.8 Å². The molecular weight excluding hydrogens is 321 g/mol. The summed E-state index contributed by atoms with van der Waals surface area (Å²) in [5, 5.41) is 0. The Kier molecular flexibility index (Phi) is 6.47. The SMILES string of the molecule is CCOP(=O)(COCCN1CC=Nc2c(N)ncnc21)OCC. The summed E-state index contributed by atoms with van der Waals surface area (Å²) in [5.74, 6) is 1.01. The zero-order valence-electron chi connectivity index (χ0n) is 13.3. The molecular formula is C13H22N5O4P. The van der Waals surface area contributed by atoms with Crippen LogP contribution in [0.2, 0.25) is 0 Å². The fourth-order valence-electron chi connectivity index (χ4n) is 2.11. The summed E-state index contributed by atoms with van der Waals surface area (Å²) < 4.78 is 28.1. The molecule has 9 nitrogen and oxygen atoms in total. The summed E-state index contributed by atoms with van der Waals surface area (Å²) in [6.45, 7) is 5.65. The van der Waals surface area contributed by atoms with E-state index in [2.05, 4.69) is 15.0 Å². The van der Waals surface area contributed by atoms with Crippen molar-refractivity contribution in [1.29, 1.82) is 0 Å². The molecule has 2 N–H and O–H groups in total. The van der Waals surface area contributed by atoms with Crippen LogP contribution in [0, 0.1) is 0 Å². The van der Waals surface area contributed by atoms with Gasteiger partial charge in [0.05, 0.1) is 26.4 Å². The molecule has 0 radical (unpaired) electrons. The van der Waals surface area contributed by atoms with E-state index in [1.165, 1.54) is 6.33 Å². The van der Waals surface area contributed by atoms with Crippen molar-refractivity contribution < 1.29 is 18.3 Å². The number of aromatic nitrogens is 2. The van der Waals surface area contributed by atoms with E-state index in [-0.39, 0.29) is 6.35 Å². The lowest BCUT2D eigenvalue weighted by Gasteiger charge is -2.26. The van der Waals surface area contributed by atoms with Crippen LogP contribution in [-0.4, -0.2) is 55.4 Å². The Morgan fingerprint density at radius 2 is 2.04 bits per heavy atom. The van der Waals surface area contributed by atoms with Crippen molar-refractivity contribution in [3.05, 3.63) is 6.33 Å². The Bertz CT molecular complexity index is 588. The Labute approximate surface area is 135 Å². The second-order valence-corrected chi connectivity index (χ2v) is 6.67. The summed E-state index contributed by atoms with van der Waals surface area (Å²) in [6.07, 6.45) is 3.07. The van der Waals surface area contributed by atoms with Gasteiger partial charge in [0, 0.05) is 12.8 Å². The van der Waals surface area contributed by atoms with E-state index in [0.29, 0.717) is 50.2 Å². The second-order valence-electron chi connectivity index (χ2n) is 4.67. The summed E-state index contributed by atoms with van der Waals surface area (Å²) in [7, 11) is -3.18. The predicted octanol–water partition coefficient (Wildman–Crippen LogP) is 1.82. The zero-order valence-corrected chi connectivity index (χ0v) is 14.2. The van der Waals surface area contributed by atoms with Crippen LogP contribution in [0.25, 0.3) is 0 Å². The fraction of sp³-hybridized carbons (Fsp3) is 0.615. The fourth-order valence-corrected chi connectivity index (χ4v) is 3.47. The number of rotatable bonds is 9. The highest BCUT2D eigenvalue weighted by Crippen LogP contribution is 2.47. The Hall–Kier alpha value is -1.54. The van der Waals surface area contributed by atoms with E-state index in [1.54, 1.807) is 20.1 Å². The van der Waals surface area contributed by atoms with E-state index in [4.69, 9.17) is 19.5 Å². The lowest BCUT2D eigenvalue weighted by Crippen LogP contribution is -2.32. The third-order valence-corrected chi connectivity index (χ3v) is 4.86. The minimum Gasteiger partial charge on any atom is -0.382 e. The van der Waals surface area contributed by atoms with Crippen molar-refractivity contribution in [2.45, 2.75) is 13.8 Å². The maximum Gasteiger partial charge on any atom is 0.356 e. The lowest BCUT2D eigenvalue weighted by molar-refractivity contribution is 0.136. The number of nitrogens with zero attached hydrogens (tertiary/aromatic N) is 4. The number of fused-ring (bicyclic) bond motifs is 1. The molecule has 1 aromatic heterocycles. The minimum absolute atomic E-state index is 0.0740. The Balaban J connectivity index is 1.87. The van der Waals surface area contributed by atoms with Gasteiger partial charge < -0.3 is 24.4 Å². The van der Waals surface area contributed by atoms with E-state index in [9.17, 15) is 4.57 Å². The van der Waals surface area contributed by atoms with Crippen molar-refractivity contribution >= 4 is 31.1 Å². The maximum atomic E-state index is 12.3. The van der Waals surface area contributed by atoms with Gasteiger partial charge in [-0.05, 0) is 13.8 Å². The van der Waals surface area contributed by atoms with Crippen LogP contribution in [0.3, 0.4) is 0 Å². The van der Waals surface area contributed by atoms with Crippen molar-refractivity contribution in [3.63, 3.8) is 0 Å². The van der Waals surface area contributed by atoms with E-state index in [1.807, 2.05) is 4.90 Å². The molecule has 0 amide bonds. The third kappa shape index (κ3) is 4.71. The Morgan fingerprint density at radius 3 is 2.74 bits per heavy atom. The van der Waals surface area contributed by atoms with Gasteiger partial charge in [0.2, 0.25) is 0 Å². The number of ether oxygens (including phenoxy) is 1. The predicted molar refractivity (Wildman–Crippen MR) is 88.5 cm³/mol. The molecule has 0 saturated carbocycles. The average molecular weight is 343 g/mol. The summed E-state index contributed by atoms with van der Waals surface area (Å²) in [4.78, 5) is 14.3. The molecule has 23 heavy (non-hydrogen) atoms. The summed E-state index contributed by atoms with van der Waals surface area (Å²) >= 11 is 0. The number of nitrogens with two attached hydrogens (primary N) is 1. The highest BCUT2D eigenvalue weighted by molar-refractivity contribution is 7.53. The van der Waals surface area contributed by atoms with Crippen LogP contribution in [-0.2, 0) is 18.3 Å². The highest BCUT2D eigenvalue weighted by Gasteiger charge is 2.24. The molecule has 0 spiro atoms. The molecule has 10 heteroatoms. The number of hydrogen-bond donors (Lipinski definition) is 1. The Morgan fingerprint density at radius 1 is 1.30 bits per heavy atom. The number of aliphatic imine (C=N–C) groups is 1. The molecule has 0 atom stereocenters. The van der Waals surface area contributed by atoms with Crippen LogP contribution >= 0.6 is 7.60 Å². The molecule has 128 valence electrons. The normalized spacial score (nSPS) is 14.1. The highest BCUT2D eigenvalue weighted by atomic mass is 31.2. The molecule has 2 heterocycles. The first-order valence-corrected chi connectivity index (χ1v) is 9.16. The first kappa shape index (κ1) is 17.8. The molecule has 2 rings (SSSR count). The van der Waals surface area contributed by atoms with E-state index >= 15 is 0 Å². The van der Waals surface area contributed by atoms with Gasteiger partial charge in [-0.15, -0.1) is 0 Å². The van der Waals surface area contributed by atoms with Crippen LogP contribution < -0.4 is 10.6 Å². The van der Waals surface area contributed by atoms with Crippen molar-refractivity contribution in [2.24, 2.45) is 4.99 Å². The number of nitrogen functional groups attached to an aromatic ring is 1. The zero-order chi connectivity index (χ0) is 16.7. The molecule has 1 aromatic rings. The summed E-state index contributed by atoms with van der Waals surface area (Å²) in [5.41, 5.74) is 6.35. The lowest BCUT2D eigenvalue weighted by atomic mass is 10.3. The molecule has 0 bridgehead atoms. The molecule has 0 aliphatic carbocycles. The molecule has 0 fully saturated rings. The van der Waals surface area contributed by atoms with E-state index < -0.39 is 7.60 Å². The van der Waals surface area contributed by atoms with Gasteiger partial charge in [0.15, 0.2) is 11.6 Å². The standard InChI is InChI=1S/C13H22N5O4P/c1-3-21-23(19,22-4-2)10-20-8-7-18-6-5-15-11-12(14)16-9-17-13(11)18/h5,9H,3-4,6-8,10H2,1-2H3,(H2,14,16,17). The smallest absolute Gasteiger partial charge is 0.356 e. The van der Waals surface area contributed by atoms with Crippen LogP contribution in [0.15, 0.2) is 11.3 Å². The topological polar surface area (TPSA) is 112 Å². The first-order chi connectivity index (χ1) is 11.1. The van der Waals surface area contributed by atoms with Crippen molar-refractivity contribution in [2.75, 3.05) is 49.9 Å². The molecule has 0 aromatic carbocycles. The van der Waals surface area contributed by atoms with Gasteiger partial charge in [0.1, 0.15) is 18.4 Å². The molecule has 1 aliphatic rings. The number of hydrogen-bond acceptors (Lipinski definition) is 9. The maximum absolute atomic E-state index is 12.3. The monoisotopic (exact) mass is 343 g/mol. The minimum atomic E-state index is -3.18. The average Bonchev–Trinajstić information content (AvgIpc) is 2.53.